The fourth-order valence-electron chi connectivity index (χ4n) is 1.81. The van der Waals surface area contributed by atoms with Gasteiger partial charge in [0.25, 0.3) is 0 Å². The molecular formula is C8H10F3NO3. The van der Waals surface area contributed by atoms with Crippen LogP contribution in [0.2, 0.25) is 0 Å². The largest absolute Gasteiger partial charge is 0.481 e. The number of carboxylic acid groups (broad SMARTS) is 1. The van der Waals surface area contributed by atoms with E-state index in [0.29, 0.717) is 4.90 Å². The summed E-state index contributed by atoms with van der Waals surface area (Å²) in [6.07, 6.45) is -4.84. The first kappa shape index (κ1) is 11.8. The molecule has 15 heavy (non-hydrogen) atoms. The number of nitrogens with zero attached hydrogens (tertiary/aromatic N) is 1. The minimum Gasteiger partial charge on any atom is -0.481 e. The lowest BCUT2D eigenvalue weighted by atomic mass is 10.0. The quantitative estimate of drug-likeness (QED) is 0.720. The van der Waals surface area contributed by atoms with Gasteiger partial charge in [0.1, 0.15) is 6.04 Å². The van der Waals surface area contributed by atoms with Crippen molar-refractivity contribution in [3.8, 4) is 0 Å². The maximum Gasteiger partial charge on any atom is 0.409 e. The third-order valence-electron chi connectivity index (χ3n) is 2.45. The summed E-state index contributed by atoms with van der Waals surface area (Å²) in [7, 11) is 0. The standard InChI is InChI=1S/C8H10F3NO3/c1-4(13)12-3-2-5(7(14)15)6(12)8(9,10)11/h5-6H,2-3H2,1H3,(H,14,15). The van der Waals surface area contributed by atoms with E-state index in [4.69, 9.17) is 5.11 Å². The SMILES string of the molecule is CC(=O)N1CCC(C(=O)O)C1C(F)(F)F. The minimum atomic E-state index is -4.69. The predicted molar refractivity (Wildman–Crippen MR) is 43.0 cm³/mol. The molecule has 0 radical (unpaired) electrons. The van der Waals surface area contributed by atoms with Gasteiger partial charge in [0.15, 0.2) is 0 Å². The van der Waals surface area contributed by atoms with Gasteiger partial charge < -0.3 is 10.0 Å². The summed E-state index contributed by atoms with van der Waals surface area (Å²) >= 11 is 0. The molecule has 1 heterocycles. The van der Waals surface area contributed by atoms with Gasteiger partial charge in [-0.2, -0.15) is 13.2 Å². The number of hydrogen-bond donors (Lipinski definition) is 1. The zero-order valence-electron chi connectivity index (χ0n) is 7.91. The van der Waals surface area contributed by atoms with Gasteiger partial charge in [-0.1, -0.05) is 0 Å². The number of carboxylic acids is 1. The van der Waals surface area contributed by atoms with Crippen molar-refractivity contribution >= 4 is 11.9 Å². The second kappa shape index (κ2) is 3.71. The summed E-state index contributed by atoms with van der Waals surface area (Å²) in [4.78, 5) is 22.1. The lowest BCUT2D eigenvalue weighted by Gasteiger charge is -2.27. The van der Waals surface area contributed by atoms with E-state index in [1.807, 2.05) is 0 Å². The van der Waals surface area contributed by atoms with Crippen LogP contribution in [-0.2, 0) is 9.59 Å². The lowest BCUT2D eigenvalue weighted by molar-refractivity contribution is -0.194. The molecule has 1 rings (SSSR count). The molecule has 0 aromatic rings. The Balaban J connectivity index is 2.98. The van der Waals surface area contributed by atoms with Crippen molar-refractivity contribution in [1.29, 1.82) is 0 Å². The number of rotatable bonds is 1. The molecule has 1 saturated heterocycles. The van der Waals surface area contributed by atoms with Gasteiger partial charge in [0.2, 0.25) is 5.91 Å². The Morgan fingerprint density at radius 3 is 2.27 bits per heavy atom. The normalized spacial score (nSPS) is 26.8. The van der Waals surface area contributed by atoms with Crippen molar-refractivity contribution in [2.45, 2.75) is 25.6 Å². The summed E-state index contributed by atoms with van der Waals surface area (Å²) in [5.41, 5.74) is 0. The Morgan fingerprint density at radius 2 is 1.93 bits per heavy atom. The highest BCUT2D eigenvalue weighted by molar-refractivity contribution is 5.78. The van der Waals surface area contributed by atoms with E-state index in [1.165, 1.54) is 0 Å². The highest BCUT2D eigenvalue weighted by atomic mass is 19.4. The summed E-state index contributed by atoms with van der Waals surface area (Å²) in [5, 5.41) is 8.61. The topological polar surface area (TPSA) is 57.6 Å². The molecule has 0 aromatic carbocycles. The predicted octanol–water partition coefficient (Wildman–Crippen LogP) is 0.870. The first-order chi connectivity index (χ1) is 6.75. The molecule has 0 spiro atoms. The van der Waals surface area contributed by atoms with Gasteiger partial charge in [-0.15, -0.1) is 0 Å². The molecule has 2 unspecified atom stereocenters. The van der Waals surface area contributed by atoms with Gasteiger partial charge >= 0.3 is 12.1 Å². The number of likely N-dealkylation sites (tertiary alicyclic amines) is 1. The zero-order valence-corrected chi connectivity index (χ0v) is 7.91. The molecule has 1 amide bonds. The number of carbonyl (C=O) groups excluding carboxylic acids is 1. The second-order valence-electron chi connectivity index (χ2n) is 3.43. The first-order valence-corrected chi connectivity index (χ1v) is 4.32. The Kier molecular flexibility index (Phi) is 2.92. The molecular weight excluding hydrogens is 215 g/mol. The van der Waals surface area contributed by atoms with Gasteiger partial charge in [-0.25, -0.2) is 0 Å². The number of amides is 1. The molecule has 1 fully saturated rings. The average molecular weight is 225 g/mol. The summed E-state index contributed by atoms with van der Waals surface area (Å²) in [6.45, 7) is 0.847. The van der Waals surface area contributed by atoms with Crippen LogP contribution in [-0.4, -0.2) is 40.6 Å². The van der Waals surface area contributed by atoms with E-state index in [0.717, 1.165) is 6.92 Å². The molecule has 0 aromatic heterocycles. The smallest absolute Gasteiger partial charge is 0.409 e. The fourth-order valence-corrected chi connectivity index (χ4v) is 1.81. The van der Waals surface area contributed by atoms with Crippen LogP contribution < -0.4 is 0 Å². The molecule has 1 aliphatic heterocycles. The van der Waals surface area contributed by atoms with Gasteiger partial charge in [-0.05, 0) is 6.42 Å². The second-order valence-corrected chi connectivity index (χ2v) is 3.43. The van der Waals surface area contributed by atoms with Crippen LogP contribution in [0, 0.1) is 5.92 Å². The number of hydrogen-bond acceptors (Lipinski definition) is 2. The number of alkyl halides is 3. The molecule has 86 valence electrons. The summed E-state index contributed by atoms with van der Waals surface area (Å²) < 4.78 is 37.6. The van der Waals surface area contributed by atoms with E-state index in [2.05, 4.69) is 0 Å². The number of aliphatic carboxylic acids is 1. The monoisotopic (exact) mass is 225 g/mol. The van der Waals surface area contributed by atoms with Gasteiger partial charge in [0.05, 0.1) is 5.92 Å². The zero-order chi connectivity index (χ0) is 11.8. The highest BCUT2D eigenvalue weighted by Crippen LogP contribution is 2.36. The van der Waals surface area contributed by atoms with E-state index in [1.54, 1.807) is 0 Å². The van der Waals surface area contributed by atoms with Crippen LogP contribution in [0.3, 0.4) is 0 Å². The first-order valence-electron chi connectivity index (χ1n) is 4.32. The number of carbonyl (C=O) groups is 2. The van der Waals surface area contributed by atoms with E-state index >= 15 is 0 Å². The summed E-state index contributed by atoms with van der Waals surface area (Å²) in [5.74, 6) is -3.81. The molecule has 1 aliphatic rings. The third-order valence-corrected chi connectivity index (χ3v) is 2.45. The van der Waals surface area contributed by atoms with Crippen molar-refractivity contribution in [2.75, 3.05) is 6.54 Å². The minimum absolute atomic E-state index is 0.154. The van der Waals surface area contributed by atoms with Crippen molar-refractivity contribution in [1.82, 2.24) is 4.90 Å². The fraction of sp³-hybridized carbons (Fsp3) is 0.750. The molecule has 0 bridgehead atoms. The van der Waals surface area contributed by atoms with E-state index in [9.17, 15) is 22.8 Å². The van der Waals surface area contributed by atoms with Gasteiger partial charge in [0, 0.05) is 13.5 Å². The Bertz CT molecular complexity index is 267. The van der Waals surface area contributed by atoms with Gasteiger partial charge in [-0.3, -0.25) is 9.59 Å². The van der Waals surface area contributed by atoms with Crippen molar-refractivity contribution < 1.29 is 27.9 Å². The van der Waals surface area contributed by atoms with Crippen LogP contribution in [0.5, 0.6) is 0 Å². The average Bonchev–Trinajstić information content (AvgIpc) is 2.45. The van der Waals surface area contributed by atoms with Crippen LogP contribution in [0.25, 0.3) is 0 Å². The van der Waals surface area contributed by atoms with E-state index in [-0.39, 0.29) is 13.0 Å². The molecule has 1 N–H and O–H groups in total. The van der Waals surface area contributed by atoms with Crippen molar-refractivity contribution in [2.24, 2.45) is 5.92 Å². The van der Waals surface area contributed by atoms with E-state index < -0.39 is 30.0 Å². The van der Waals surface area contributed by atoms with Crippen LogP contribution in [0.15, 0.2) is 0 Å². The maximum absolute atomic E-state index is 12.5. The third kappa shape index (κ3) is 2.21. The van der Waals surface area contributed by atoms with Crippen molar-refractivity contribution in [3.63, 3.8) is 0 Å². The lowest BCUT2D eigenvalue weighted by Crippen LogP contribution is -2.48. The maximum atomic E-state index is 12.5. The Labute approximate surface area is 83.7 Å². The number of halogens is 3. The van der Waals surface area contributed by atoms with Crippen molar-refractivity contribution in [3.05, 3.63) is 0 Å². The van der Waals surface area contributed by atoms with Crippen LogP contribution >= 0.6 is 0 Å². The molecule has 0 aliphatic carbocycles. The highest BCUT2D eigenvalue weighted by Gasteiger charge is 2.55. The molecule has 7 heteroatoms. The molecule has 0 saturated carbocycles. The summed E-state index contributed by atoms with van der Waals surface area (Å²) in [6, 6.07) is -2.19. The Morgan fingerprint density at radius 1 is 1.40 bits per heavy atom. The molecule has 2 atom stereocenters. The van der Waals surface area contributed by atoms with Crippen LogP contribution in [0.4, 0.5) is 13.2 Å². The van der Waals surface area contributed by atoms with Crippen LogP contribution in [0.1, 0.15) is 13.3 Å². The molecule has 4 nitrogen and oxygen atoms in total. The Hall–Kier alpha value is -1.27.